The van der Waals surface area contributed by atoms with Crippen LogP contribution in [0, 0.1) is 13.8 Å². The number of aromatic nitrogens is 3. The lowest BCUT2D eigenvalue weighted by molar-refractivity contribution is 0.138. The summed E-state index contributed by atoms with van der Waals surface area (Å²) in [6.45, 7) is 6.00. The lowest BCUT2D eigenvalue weighted by Crippen LogP contribution is -2.16. The molecule has 6 nitrogen and oxygen atoms in total. The average molecular weight is 300 g/mol. The zero-order chi connectivity index (χ0) is 15.4. The molecule has 0 saturated carbocycles. The Morgan fingerprint density at radius 2 is 2.27 bits per heavy atom. The fourth-order valence-electron chi connectivity index (χ4n) is 2.20. The first-order chi connectivity index (χ1) is 10.7. The van der Waals surface area contributed by atoms with Gasteiger partial charge in [-0.25, -0.2) is 15.0 Å². The molecule has 3 heterocycles. The largest absolute Gasteiger partial charge is 0.472 e. The minimum atomic E-state index is 0.110. The fraction of sp³-hybridized carbons (Fsp3) is 0.438. The van der Waals surface area contributed by atoms with Crippen LogP contribution in [-0.2, 0) is 11.3 Å². The highest BCUT2D eigenvalue weighted by molar-refractivity contribution is 5.31. The minimum Gasteiger partial charge on any atom is -0.472 e. The Balaban J connectivity index is 1.61. The van der Waals surface area contributed by atoms with Crippen molar-refractivity contribution in [1.29, 1.82) is 0 Å². The molecule has 0 spiro atoms. The van der Waals surface area contributed by atoms with Gasteiger partial charge in [0, 0.05) is 37.1 Å². The number of nitrogens with zero attached hydrogens (tertiary/aromatic N) is 3. The lowest BCUT2D eigenvalue weighted by atomic mass is 10.2. The molecule has 1 aliphatic rings. The summed E-state index contributed by atoms with van der Waals surface area (Å²) in [6.07, 6.45) is 4.61. The van der Waals surface area contributed by atoms with Gasteiger partial charge in [0.2, 0.25) is 11.8 Å². The van der Waals surface area contributed by atoms with Gasteiger partial charge in [0.05, 0.1) is 13.2 Å². The first kappa shape index (κ1) is 14.7. The highest BCUT2D eigenvalue weighted by Gasteiger charge is 2.17. The van der Waals surface area contributed by atoms with E-state index in [0.717, 1.165) is 29.8 Å². The van der Waals surface area contributed by atoms with Crippen molar-refractivity contribution in [3.63, 3.8) is 0 Å². The predicted octanol–water partition coefficient (Wildman–Crippen LogP) is 2.27. The van der Waals surface area contributed by atoms with Crippen LogP contribution in [0.3, 0.4) is 0 Å². The second-order valence-corrected chi connectivity index (χ2v) is 5.42. The van der Waals surface area contributed by atoms with Gasteiger partial charge in [-0.1, -0.05) is 0 Å². The van der Waals surface area contributed by atoms with E-state index < -0.39 is 0 Å². The number of pyridine rings is 1. The van der Waals surface area contributed by atoms with Gasteiger partial charge in [0.1, 0.15) is 6.10 Å². The zero-order valence-corrected chi connectivity index (χ0v) is 12.9. The van der Waals surface area contributed by atoms with Crippen molar-refractivity contribution in [3.05, 3.63) is 41.3 Å². The molecule has 0 amide bonds. The third-order valence-electron chi connectivity index (χ3n) is 3.65. The smallest absolute Gasteiger partial charge is 0.223 e. The van der Waals surface area contributed by atoms with Crippen LogP contribution in [-0.4, -0.2) is 34.3 Å². The van der Waals surface area contributed by atoms with E-state index in [1.165, 1.54) is 0 Å². The molecule has 2 aromatic heterocycles. The van der Waals surface area contributed by atoms with Crippen LogP contribution in [0.15, 0.2) is 24.5 Å². The second-order valence-electron chi connectivity index (χ2n) is 5.42. The zero-order valence-electron chi connectivity index (χ0n) is 12.9. The highest BCUT2D eigenvalue weighted by Crippen LogP contribution is 2.16. The van der Waals surface area contributed by atoms with E-state index in [-0.39, 0.29) is 6.10 Å². The molecule has 1 atom stereocenters. The van der Waals surface area contributed by atoms with Gasteiger partial charge in [0.25, 0.3) is 0 Å². The van der Waals surface area contributed by atoms with Gasteiger partial charge >= 0.3 is 0 Å². The molecule has 1 unspecified atom stereocenters. The molecule has 0 bridgehead atoms. The molecule has 3 rings (SSSR count). The number of hydrogen-bond acceptors (Lipinski definition) is 6. The van der Waals surface area contributed by atoms with Crippen LogP contribution in [0.5, 0.6) is 5.88 Å². The molecule has 22 heavy (non-hydrogen) atoms. The maximum absolute atomic E-state index is 5.81. The predicted molar refractivity (Wildman–Crippen MR) is 82.9 cm³/mol. The first-order valence-electron chi connectivity index (χ1n) is 7.44. The fourth-order valence-corrected chi connectivity index (χ4v) is 2.20. The van der Waals surface area contributed by atoms with E-state index in [1.807, 2.05) is 32.2 Å². The van der Waals surface area contributed by atoms with Gasteiger partial charge in [-0.2, -0.15) is 0 Å². The Bertz CT molecular complexity index is 642. The molecule has 1 fully saturated rings. The summed E-state index contributed by atoms with van der Waals surface area (Å²) in [5.74, 6) is 1.27. The maximum Gasteiger partial charge on any atom is 0.223 e. The number of ether oxygens (including phenoxy) is 2. The summed E-state index contributed by atoms with van der Waals surface area (Å²) >= 11 is 0. The highest BCUT2D eigenvalue weighted by atomic mass is 16.5. The van der Waals surface area contributed by atoms with E-state index in [0.29, 0.717) is 25.0 Å². The van der Waals surface area contributed by atoms with Crippen molar-refractivity contribution >= 4 is 5.95 Å². The summed E-state index contributed by atoms with van der Waals surface area (Å²) < 4.78 is 11.1. The normalized spacial score (nSPS) is 17.5. The SMILES string of the molecule is Cc1cnc(NCc2ccnc(OC3CCOC3)c2)nc1C. The molecule has 0 aromatic carbocycles. The van der Waals surface area contributed by atoms with Crippen LogP contribution in [0.2, 0.25) is 0 Å². The molecule has 2 aromatic rings. The monoisotopic (exact) mass is 300 g/mol. The number of nitrogens with one attached hydrogen (secondary N) is 1. The summed E-state index contributed by atoms with van der Waals surface area (Å²) in [5, 5.41) is 3.22. The van der Waals surface area contributed by atoms with Crippen LogP contribution in [0.25, 0.3) is 0 Å². The summed E-state index contributed by atoms with van der Waals surface area (Å²) in [6, 6.07) is 3.89. The standard InChI is InChI=1S/C16H20N4O2/c1-11-8-18-16(20-12(11)2)19-9-13-3-5-17-15(7-13)22-14-4-6-21-10-14/h3,5,7-8,14H,4,6,9-10H2,1-2H3,(H,18,19,20). The number of rotatable bonds is 5. The van der Waals surface area contributed by atoms with Crippen molar-refractivity contribution in [2.45, 2.75) is 32.9 Å². The third kappa shape index (κ3) is 3.71. The van der Waals surface area contributed by atoms with Gasteiger partial charge in [-0.15, -0.1) is 0 Å². The van der Waals surface area contributed by atoms with Gasteiger partial charge in [-0.3, -0.25) is 0 Å². The summed E-state index contributed by atoms with van der Waals surface area (Å²) in [5.41, 5.74) is 3.15. The molecule has 0 aliphatic carbocycles. The Labute approximate surface area is 129 Å². The van der Waals surface area contributed by atoms with E-state index in [4.69, 9.17) is 9.47 Å². The molecule has 1 aliphatic heterocycles. The minimum absolute atomic E-state index is 0.110. The average Bonchev–Trinajstić information content (AvgIpc) is 3.02. The molecule has 0 radical (unpaired) electrons. The molecule has 1 N–H and O–H groups in total. The Morgan fingerprint density at radius 1 is 1.36 bits per heavy atom. The number of aryl methyl sites for hydroxylation is 2. The van der Waals surface area contributed by atoms with Crippen molar-refractivity contribution < 1.29 is 9.47 Å². The molecule has 6 heteroatoms. The van der Waals surface area contributed by atoms with E-state index in [1.54, 1.807) is 6.20 Å². The van der Waals surface area contributed by atoms with Crippen LogP contribution in [0.1, 0.15) is 23.2 Å². The maximum atomic E-state index is 5.81. The van der Waals surface area contributed by atoms with Crippen molar-refractivity contribution in [1.82, 2.24) is 15.0 Å². The second kappa shape index (κ2) is 6.70. The molecule has 116 valence electrons. The van der Waals surface area contributed by atoms with Crippen LogP contribution >= 0.6 is 0 Å². The molecular formula is C16H20N4O2. The number of hydrogen-bond donors (Lipinski definition) is 1. The quantitative estimate of drug-likeness (QED) is 0.913. The Kier molecular flexibility index (Phi) is 4.48. The summed E-state index contributed by atoms with van der Waals surface area (Å²) in [4.78, 5) is 12.9. The first-order valence-corrected chi connectivity index (χ1v) is 7.44. The van der Waals surface area contributed by atoms with Gasteiger partial charge < -0.3 is 14.8 Å². The van der Waals surface area contributed by atoms with Crippen LogP contribution in [0.4, 0.5) is 5.95 Å². The third-order valence-corrected chi connectivity index (χ3v) is 3.65. The van der Waals surface area contributed by atoms with E-state index in [2.05, 4.69) is 20.3 Å². The lowest BCUT2D eigenvalue weighted by Gasteiger charge is -2.12. The van der Waals surface area contributed by atoms with Crippen molar-refractivity contribution in [3.8, 4) is 5.88 Å². The van der Waals surface area contributed by atoms with Crippen LogP contribution < -0.4 is 10.1 Å². The van der Waals surface area contributed by atoms with E-state index in [9.17, 15) is 0 Å². The van der Waals surface area contributed by atoms with Crippen molar-refractivity contribution in [2.24, 2.45) is 0 Å². The van der Waals surface area contributed by atoms with Gasteiger partial charge in [-0.05, 0) is 31.0 Å². The van der Waals surface area contributed by atoms with E-state index >= 15 is 0 Å². The Morgan fingerprint density at radius 3 is 3.05 bits per heavy atom. The van der Waals surface area contributed by atoms with Gasteiger partial charge in [0.15, 0.2) is 0 Å². The van der Waals surface area contributed by atoms with Crippen molar-refractivity contribution in [2.75, 3.05) is 18.5 Å². The summed E-state index contributed by atoms with van der Waals surface area (Å²) in [7, 11) is 0. The Hall–Kier alpha value is -2.21. The number of anilines is 1. The topological polar surface area (TPSA) is 69.2 Å². The molecular weight excluding hydrogens is 280 g/mol. The molecule has 1 saturated heterocycles.